The van der Waals surface area contributed by atoms with Gasteiger partial charge in [-0.15, -0.1) is 0 Å². The summed E-state index contributed by atoms with van der Waals surface area (Å²) in [6.45, 7) is 7.61. The van der Waals surface area contributed by atoms with Gasteiger partial charge in [0.1, 0.15) is 5.54 Å². The third-order valence-corrected chi connectivity index (χ3v) is 3.10. The maximum Gasteiger partial charge on any atom is 0.328 e. The Balaban J connectivity index is 3.48. The van der Waals surface area contributed by atoms with Crippen LogP contribution in [0.15, 0.2) is 12.1 Å². The highest BCUT2D eigenvalue weighted by Crippen LogP contribution is 2.28. The lowest BCUT2D eigenvalue weighted by Gasteiger charge is -2.28. The lowest BCUT2D eigenvalue weighted by Crippen LogP contribution is -2.45. The monoisotopic (exact) mass is 221 g/mol. The van der Waals surface area contributed by atoms with E-state index in [9.17, 15) is 9.90 Å². The Labute approximate surface area is 96.5 Å². The third kappa shape index (κ3) is 1.95. The van der Waals surface area contributed by atoms with Crippen molar-refractivity contribution in [3.8, 4) is 0 Å². The number of likely N-dealkylation sites (N-methyl/N-ethyl adjacent to an activating group) is 1. The molecule has 16 heavy (non-hydrogen) atoms. The fourth-order valence-corrected chi connectivity index (χ4v) is 2.31. The molecule has 0 aromatic heterocycles. The standard InChI is InChI=1S/C13H19NO2/c1-8-6-9(2)11(10(3)7-8)13(4,14-5)12(15)16/h6-7,14H,1-5H3,(H,15,16). The molecule has 0 heterocycles. The molecule has 1 atom stereocenters. The van der Waals surface area contributed by atoms with Crippen molar-refractivity contribution in [1.29, 1.82) is 0 Å². The number of benzene rings is 1. The van der Waals surface area contributed by atoms with Gasteiger partial charge in [0.2, 0.25) is 0 Å². The summed E-state index contributed by atoms with van der Waals surface area (Å²) in [4.78, 5) is 11.4. The molecule has 0 aliphatic heterocycles. The number of hydrogen-bond acceptors (Lipinski definition) is 2. The predicted octanol–water partition coefficient (Wildman–Crippen LogP) is 2.13. The Kier molecular flexibility index (Phi) is 3.38. The predicted molar refractivity (Wildman–Crippen MR) is 64.7 cm³/mol. The smallest absolute Gasteiger partial charge is 0.328 e. The number of carbonyl (C=O) groups is 1. The minimum atomic E-state index is -1.03. The average molecular weight is 221 g/mol. The highest BCUT2D eigenvalue weighted by molar-refractivity contribution is 5.81. The number of hydrogen-bond donors (Lipinski definition) is 2. The second-order valence-corrected chi connectivity index (χ2v) is 4.45. The van der Waals surface area contributed by atoms with Crippen molar-refractivity contribution in [3.05, 3.63) is 34.4 Å². The number of aliphatic carboxylic acids is 1. The Hall–Kier alpha value is -1.35. The zero-order chi connectivity index (χ0) is 12.5. The summed E-state index contributed by atoms with van der Waals surface area (Å²) in [6, 6.07) is 4.03. The van der Waals surface area contributed by atoms with Gasteiger partial charge in [-0.1, -0.05) is 17.7 Å². The van der Waals surface area contributed by atoms with Gasteiger partial charge in [-0.3, -0.25) is 0 Å². The molecule has 88 valence electrons. The molecule has 1 aromatic rings. The molecule has 1 rings (SSSR count). The quantitative estimate of drug-likeness (QED) is 0.822. The minimum Gasteiger partial charge on any atom is -0.480 e. The summed E-state index contributed by atoms with van der Waals surface area (Å²) in [5.41, 5.74) is 3.01. The molecule has 0 aliphatic rings. The third-order valence-electron chi connectivity index (χ3n) is 3.10. The zero-order valence-corrected chi connectivity index (χ0v) is 10.5. The van der Waals surface area contributed by atoms with Crippen molar-refractivity contribution in [2.45, 2.75) is 33.2 Å². The van der Waals surface area contributed by atoms with Crippen LogP contribution in [0, 0.1) is 20.8 Å². The fraction of sp³-hybridized carbons (Fsp3) is 0.462. The van der Waals surface area contributed by atoms with Gasteiger partial charge in [0.15, 0.2) is 0 Å². The van der Waals surface area contributed by atoms with E-state index in [-0.39, 0.29) is 0 Å². The molecule has 0 fully saturated rings. The lowest BCUT2D eigenvalue weighted by atomic mass is 9.84. The number of rotatable bonds is 3. The Bertz CT molecular complexity index is 403. The first-order valence-electron chi connectivity index (χ1n) is 5.33. The number of carboxylic acids is 1. The highest BCUT2D eigenvalue weighted by Gasteiger charge is 2.35. The van der Waals surface area contributed by atoms with Crippen molar-refractivity contribution >= 4 is 5.97 Å². The van der Waals surface area contributed by atoms with E-state index >= 15 is 0 Å². The SMILES string of the molecule is CNC(C)(C(=O)O)c1c(C)cc(C)cc1C. The maximum atomic E-state index is 11.4. The van der Waals surface area contributed by atoms with Crippen LogP contribution >= 0.6 is 0 Å². The average Bonchev–Trinajstić information content (AvgIpc) is 2.15. The first-order chi connectivity index (χ1) is 7.32. The van der Waals surface area contributed by atoms with Crippen molar-refractivity contribution in [2.75, 3.05) is 7.05 Å². The van der Waals surface area contributed by atoms with Gasteiger partial charge in [-0.2, -0.15) is 0 Å². The van der Waals surface area contributed by atoms with Crippen LogP contribution in [-0.2, 0) is 10.3 Å². The second-order valence-electron chi connectivity index (χ2n) is 4.45. The van der Waals surface area contributed by atoms with Gasteiger partial charge in [-0.25, -0.2) is 4.79 Å². The minimum absolute atomic E-state index is 0.855. The fourth-order valence-electron chi connectivity index (χ4n) is 2.31. The van der Waals surface area contributed by atoms with Crippen LogP contribution in [0.4, 0.5) is 0 Å². The van der Waals surface area contributed by atoms with Crippen LogP contribution in [0.2, 0.25) is 0 Å². The van der Waals surface area contributed by atoms with Crippen LogP contribution in [-0.4, -0.2) is 18.1 Å². The summed E-state index contributed by atoms with van der Waals surface area (Å²) < 4.78 is 0. The molecule has 1 aromatic carbocycles. The molecule has 2 N–H and O–H groups in total. The summed E-state index contributed by atoms with van der Waals surface area (Å²) >= 11 is 0. The van der Waals surface area contributed by atoms with Gasteiger partial charge >= 0.3 is 5.97 Å². The number of nitrogens with one attached hydrogen (secondary N) is 1. The van der Waals surface area contributed by atoms with Gasteiger partial charge in [0.05, 0.1) is 0 Å². The van der Waals surface area contributed by atoms with E-state index in [0.29, 0.717) is 0 Å². The molecule has 3 heteroatoms. The molecule has 0 saturated carbocycles. The van der Waals surface area contributed by atoms with E-state index in [1.807, 2.05) is 32.9 Å². The van der Waals surface area contributed by atoms with E-state index in [1.165, 1.54) is 0 Å². The first-order valence-corrected chi connectivity index (χ1v) is 5.33. The van der Waals surface area contributed by atoms with Crippen molar-refractivity contribution < 1.29 is 9.90 Å². The van der Waals surface area contributed by atoms with E-state index < -0.39 is 11.5 Å². The van der Waals surface area contributed by atoms with Crippen molar-refractivity contribution in [1.82, 2.24) is 5.32 Å². The van der Waals surface area contributed by atoms with Crippen LogP contribution in [0.25, 0.3) is 0 Å². The zero-order valence-electron chi connectivity index (χ0n) is 10.5. The van der Waals surface area contributed by atoms with Crippen LogP contribution in [0.1, 0.15) is 29.2 Å². The van der Waals surface area contributed by atoms with Crippen LogP contribution in [0.3, 0.4) is 0 Å². The topological polar surface area (TPSA) is 49.3 Å². The molecule has 0 amide bonds. The second kappa shape index (κ2) is 4.26. The molecule has 0 aliphatic carbocycles. The molecule has 0 bridgehead atoms. The van der Waals surface area contributed by atoms with E-state index in [0.717, 1.165) is 22.3 Å². The number of carboxylic acid groups (broad SMARTS) is 1. The highest BCUT2D eigenvalue weighted by atomic mass is 16.4. The number of aryl methyl sites for hydroxylation is 3. The Morgan fingerprint density at radius 2 is 1.69 bits per heavy atom. The molecular formula is C13H19NO2. The first kappa shape index (κ1) is 12.7. The largest absolute Gasteiger partial charge is 0.480 e. The molecule has 1 unspecified atom stereocenters. The summed E-state index contributed by atoms with van der Waals surface area (Å²) in [5.74, 6) is -0.856. The normalized spacial score (nSPS) is 14.6. The van der Waals surface area contributed by atoms with E-state index in [1.54, 1.807) is 14.0 Å². The van der Waals surface area contributed by atoms with Crippen molar-refractivity contribution in [2.24, 2.45) is 0 Å². The van der Waals surface area contributed by atoms with E-state index in [4.69, 9.17) is 0 Å². The summed E-state index contributed by atoms with van der Waals surface area (Å²) in [5, 5.41) is 12.2. The van der Waals surface area contributed by atoms with Gasteiger partial charge < -0.3 is 10.4 Å². The molecule has 0 saturated heterocycles. The van der Waals surface area contributed by atoms with Crippen molar-refractivity contribution in [3.63, 3.8) is 0 Å². The summed E-state index contributed by atoms with van der Waals surface area (Å²) in [6.07, 6.45) is 0. The lowest BCUT2D eigenvalue weighted by molar-refractivity contribution is -0.144. The summed E-state index contributed by atoms with van der Waals surface area (Å²) in [7, 11) is 1.67. The maximum absolute atomic E-state index is 11.4. The van der Waals surface area contributed by atoms with E-state index in [2.05, 4.69) is 5.32 Å². The Morgan fingerprint density at radius 3 is 2.00 bits per heavy atom. The molecule has 0 radical (unpaired) electrons. The molecule has 3 nitrogen and oxygen atoms in total. The molecular weight excluding hydrogens is 202 g/mol. The van der Waals surface area contributed by atoms with Crippen LogP contribution in [0.5, 0.6) is 0 Å². The van der Waals surface area contributed by atoms with Gasteiger partial charge in [0, 0.05) is 0 Å². The molecule has 0 spiro atoms. The van der Waals surface area contributed by atoms with Gasteiger partial charge in [-0.05, 0) is 51.4 Å². The van der Waals surface area contributed by atoms with Gasteiger partial charge in [0.25, 0.3) is 0 Å². The van der Waals surface area contributed by atoms with Crippen LogP contribution < -0.4 is 5.32 Å². The Morgan fingerprint density at radius 1 is 1.25 bits per heavy atom.